The fourth-order valence-corrected chi connectivity index (χ4v) is 2.74. The SMILES string of the molecule is CC(NC(=O)c1ccc2c(c1)CCC2)c1cnn(C)c1. The molecule has 0 saturated carbocycles. The molecule has 20 heavy (non-hydrogen) atoms. The summed E-state index contributed by atoms with van der Waals surface area (Å²) in [7, 11) is 1.87. The largest absolute Gasteiger partial charge is 0.345 e. The summed E-state index contributed by atoms with van der Waals surface area (Å²) in [5.41, 5.74) is 4.48. The van der Waals surface area contributed by atoms with Gasteiger partial charge in [-0.25, -0.2) is 0 Å². The molecule has 3 rings (SSSR count). The Morgan fingerprint density at radius 1 is 1.35 bits per heavy atom. The summed E-state index contributed by atoms with van der Waals surface area (Å²) < 4.78 is 1.74. The molecule has 1 aromatic carbocycles. The molecule has 1 atom stereocenters. The van der Waals surface area contributed by atoms with Crippen LogP contribution in [0.5, 0.6) is 0 Å². The van der Waals surface area contributed by atoms with Gasteiger partial charge in [0.2, 0.25) is 0 Å². The molecule has 1 aromatic heterocycles. The van der Waals surface area contributed by atoms with Crippen LogP contribution in [-0.2, 0) is 19.9 Å². The molecule has 104 valence electrons. The molecular weight excluding hydrogens is 250 g/mol. The van der Waals surface area contributed by atoms with E-state index in [1.54, 1.807) is 10.9 Å². The Hall–Kier alpha value is -2.10. The number of benzene rings is 1. The lowest BCUT2D eigenvalue weighted by molar-refractivity contribution is 0.0940. The van der Waals surface area contributed by atoms with Crippen LogP contribution >= 0.6 is 0 Å². The molecule has 1 aliphatic rings. The Kier molecular flexibility index (Phi) is 3.30. The van der Waals surface area contributed by atoms with Gasteiger partial charge in [-0.05, 0) is 49.4 Å². The van der Waals surface area contributed by atoms with Crippen LogP contribution < -0.4 is 5.32 Å². The molecule has 0 aliphatic heterocycles. The van der Waals surface area contributed by atoms with Gasteiger partial charge in [0.15, 0.2) is 0 Å². The first-order chi connectivity index (χ1) is 9.63. The number of carbonyl (C=O) groups excluding carboxylic acids is 1. The Balaban J connectivity index is 1.73. The summed E-state index contributed by atoms with van der Waals surface area (Å²) in [5.74, 6) is -0.0175. The van der Waals surface area contributed by atoms with E-state index in [1.165, 1.54) is 17.5 Å². The second-order valence-electron chi connectivity index (χ2n) is 5.48. The van der Waals surface area contributed by atoms with Crippen LogP contribution in [-0.4, -0.2) is 15.7 Å². The lowest BCUT2D eigenvalue weighted by Crippen LogP contribution is -2.26. The third-order valence-corrected chi connectivity index (χ3v) is 3.93. The van der Waals surface area contributed by atoms with Gasteiger partial charge in [-0.2, -0.15) is 5.10 Å². The monoisotopic (exact) mass is 269 g/mol. The first-order valence-electron chi connectivity index (χ1n) is 7.04. The summed E-state index contributed by atoms with van der Waals surface area (Å²) in [6.45, 7) is 1.97. The number of carbonyl (C=O) groups is 1. The van der Waals surface area contributed by atoms with Crippen molar-refractivity contribution in [2.45, 2.75) is 32.2 Å². The number of nitrogens with one attached hydrogen (secondary N) is 1. The average Bonchev–Trinajstić information content (AvgIpc) is 3.05. The Morgan fingerprint density at radius 3 is 2.90 bits per heavy atom. The number of amides is 1. The molecule has 0 bridgehead atoms. The molecule has 1 aliphatic carbocycles. The predicted octanol–water partition coefficient (Wildman–Crippen LogP) is 2.40. The van der Waals surface area contributed by atoms with Gasteiger partial charge in [0.25, 0.3) is 5.91 Å². The van der Waals surface area contributed by atoms with Gasteiger partial charge in [0.1, 0.15) is 0 Å². The van der Waals surface area contributed by atoms with E-state index in [0.717, 1.165) is 24.0 Å². The molecule has 1 amide bonds. The number of hydrogen-bond donors (Lipinski definition) is 1. The van der Waals surface area contributed by atoms with Gasteiger partial charge < -0.3 is 5.32 Å². The van der Waals surface area contributed by atoms with Crippen molar-refractivity contribution in [1.82, 2.24) is 15.1 Å². The fraction of sp³-hybridized carbons (Fsp3) is 0.375. The smallest absolute Gasteiger partial charge is 0.251 e. The van der Waals surface area contributed by atoms with Gasteiger partial charge in [-0.1, -0.05) is 6.07 Å². The molecule has 1 heterocycles. The van der Waals surface area contributed by atoms with Crippen LogP contribution in [0.4, 0.5) is 0 Å². The number of hydrogen-bond acceptors (Lipinski definition) is 2. The highest BCUT2D eigenvalue weighted by Crippen LogP contribution is 2.23. The van der Waals surface area contributed by atoms with Crippen LogP contribution in [0.2, 0.25) is 0 Å². The molecule has 1 unspecified atom stereocenters. The highest BCUT2D eigenvalue weighted by Gasteiger charge is 2.16. The molecule has 0 spiro atoms. The van der Waals surface area contributed by atoms with Crippen LogP contribution in [0.3, 0.4) is 0 Å². The van der Waals surface area contributed by atoms with Crippen LogP contribution in [0, 0.1) is 0 Å². The Morgan fingerprint density at radius 2 is 2.15 bits per heavy atom. The quantitative estimate of drug-likeness (QED) is 0.930. The normalized spacial score (nSPS) is 14.9. The number of fused-ring (bicyclic) bond motifs is 1. The lowest BCUT2D eigenvalue weighted by atomic mass is 10.1. The minimum absolute atomic E-state index is 0.0175. The van der Waals surface area contributed by atoms with Gasteiger partial charge >= 0.3 is 0 Å². The molecule has 2 aromatic rings. The second-order valence-corrected chi connectivity index (χ2v) is 5.48. The predicted molar refractivity (Wildman–Crippen MR) is 77.6 cm³/mol. The van der Waals surface area contributed by atoms with Gasteiger partial charge in [-0.15, -0.1) is 0 Å². The van der Waals surface area contributed by atoms with Crippen molar-refractivity contribution in [2.75, 3.05) is 0 Å². The lowest BCUT2D eigenvalue weighted by Gasteiger charge is -2.12. The number of rotatable bonds is 3. The van der Waals surface area contributed by atoms with Crippen molar-refractivity contribution in [3.05, 3.63) is 52.8 Å². The van der Waals surface area contributed by atoms with E-state index in [4.69, 9.17) is 0 Å². The Labute approximate surface area is 118 Å². The third-order valence-electron chi connectivity index (χ3n) is 3.93. The van der Waals surface area contributed by atoms with Gasteiger partial charge in [-0.3, -0.25) is 9.48 Å². The summed E-state index contributed by atoms with van der Waals surface area (Å²) in [5, 5.41) is 7.16. The van der Waals surface area contributed by atoms with Crippen molar-refractivity contribution in [3.63, 3.8) is 0 Å². The minimum Gasteiger partial charge on any atom is -0.345 e. The van der Waals surface area contributed by atoms with Gasteiger partial charge in [0, 0.05) is 24.4 Å². The molecule has 4 heteroatoms. The topological polar surface area (TPSA) is 46.9 Å². The molecule has 1 N–H and O–H groups in total. The standard InChI is InChI=1S/C16H19N3O/c1-11(15-9-17-19(2)10-15)18-16(20)14-7-6-12-4-3-5-13(12)8-14/h6-11H,3-5H2,1-2H3,(H,18,20). The van der Waals surface area contributed by atoms with E-state index in [1.807, 2.05) is 32.3 Å². The van der Waals surface area contributed by atoms with Crippen molar-refractivity contribution in [2.24, 2.45) is 7.05 Å². The first kappa shape index (κ1) is 12.9. The summed E-state index contributed by atoms with van der Waals surface area (Å²) >= 11 is 0. The Bertz CT molecular complexity index is 645. The van der Waals surface area contributed by atoms with Crippen LogP contribution in [0.25, 0.3) is 0 Å². The maximum atomic E-state index is 12.3. The highest BCUT2D eigenvalue weighted by atomic mass is 16.1. The van der Waals surface area contributed by atoms with Crippen molar-refractivity contribution >= 4 is 5.91 Å². The second kappa shape index (κ2) is 5.12. The van der Waals surface area contributed by atoms with E-state index < -0.39 is 0 Å². The number of nitrogens with zero attached hydrogens (tertiary/aromatic N) is 2. The van der Waals surface area contributed by atoms with E-state index in [-0.39, 0.29) is 11.9 Å². The summed E-state index contributed by atoms with van der Waals surface area (Å²) in [6, 6.07) is 6.01. The zero-order valence-electron chi connectivity index (χ0n) is 11.9. The molecule has 0 saturated heterocycles. The van der Waals surface area contributed by atoms with E-state index in [2.05, 4.69) is 16.5 Å². The van der Waals surface area contributed by atoms with Crippen molar-refractivity contribution in [3.8, 4) is 0 Å². The molecular formula is C16H19N3O. The average molecular weight is 269 g/mol. The first-order valence-corrected chi connectivity index (χ1v) is 7.04. The maximum Gasteiger partial charge on any atom is 0.251 e. The summed E-state index contributed by atoms with van der Waals surface area (Å²) in [6.07, 6.45) is 7.14. The minimum atomic E-state index is -0.0375. The summed E-state index contributed by atoms with van der Waals surface area (Å²) in [4.78, 5) is 12.3. The van der Waals surface area contributed by atoms with E-state index in [0.29, 0.717) is 0 Å². The molecule has 0 fully saturated rings. The van der Waals surface area contributed by atoms with Crippen LogP contribution in [0.15, 0.2) is 30.6 Å². The van der Waals surface area contributed by atoms with Gasteiger partial charge in [0.05, 0.1) is 12.2 Å². The number of aryl methyl sites for hydroxylation is 3. The third kappa shape index (κ3) is 2.46. The highest BCUT2D eigenvalue weighted by molar-refractivity contribution is 5.94. The maximum absolute atomic E-state index is 12.3. The van der Waals surface area contributed by atoms with Crippen molar-refractivity contribution < 1.29 is 4.79 Å². The molecule has 4 nitrogen and oxygen atoms in total. The van der Waals surface area contributed by atoms with Crippen LogP contribution in [0.1, 0.15) is 46.4 Å². The fourth-order valence-electron chi connectivity index (χ4n) is 2.74. The zero-order chi connectivity index (χ0) is 14.1. The van der Waals surface area contributed by atoms with E-state index in [9.17, 15) is 4.79 Å². The molecule has 0 radical (unpaired) electrons. The van der Waals surface area contributed by atoms with Crippen molar-refractivity contribution in [1.29, 1.82) is 0 Å². The zero-order valence-corrected chi connectivity index (χ0v) is 11.9. The number of aromatic nitrogens is 2. The van der Waals surface area contributed by atoms with E-state index >= 15 is 0 Å².